The average molecular weight is 280 g/mol. The third kappa shape index (κ3) is 4.49. The Morgan fingerprint density at radius 3 is 2.55 bits per heavy atom. The zero-order chi connectivity index (χ0) is 15.0. The van der Waals surface area contributed by atoms with Gasteiger partial charge in [0.1, 0.15) is 6.54 Å². The Bertz CT molecular complexity index is 447. The van der Waals surface area contributed by atoms with Gasteiger partial charge in [0.15, 0.2) is 11.5 Å². The van der Waals surface area contributed by atoms with Crippen molar-refractivity contribution in [3.63, 3.8) is 0 Å². The minimum atomic E-state index is -0.340. The van der Waals surface area contributed by atoms with Crippen LogP contribution < -0.4 is 10.2 Å². The average Bonchev–Trinajstić information content (AvgIpc) is 2.47. The first-order chi connectivity index (χ1) is 9.62. The highest BCUT2D eigenvalue weighted by Crippen LogP contribution is 2.10. The van der Waals surface area contributed by atoms with Crippen molar-refractivity contribution in [3.8, 4) is 0 Å². The molecule has 0 unspecified atom stereocenters. The van der Waals surface area contributed by atoms with Crippen molar-refractivity contribution in [2.45, 2.75) is 20.3 Å². The van der Waals surface area contributed by atoms with Crippen LogP contribution in [0.1, 0.15) is 30.8 Å². The predicted octanol–water partition coefficient (Wildman–Crippen LogP) is 0.616. The fraction of sp³-hybridized carbons (Fsp3) is 0.538. The van der Waals surface area contributed by atoms with Gasteiger partial charge in [0.05, 0.1) is 7.11 Å². The Balaban J connectivity index is 2.81. The quantitative estimate of drug-likeness (QED) is 0.737. The second kappa shape index (κ2) is 8.08. The van der Waals surface area contributed by atoms with Gasteiger partial charge < -0.3 is 15.0 Å². The second-order valence-corrected chi connectivity index (χ2v) is 4.13. The highest BCUT2D eigenvalue weighted by atomic mass is 16.5. The maximum absolute atomic E-state index is 11.6. The summed E-state index contributed by atoms with van der Waals surface area (Å²) in [4.78, 5) is 24.7. The summed E-state index contributed by atoms with van der Waals surface area (Å²) in [5.74, 6) is -0.0556. The van der Waals surface area contributed by atoms with Crippen molar-refractivity contribution < 1.29 is 14.3 Å². The molecule has 1 heterocycles. The molecule has 7 nitrogen and oxygen atoms in total. The molecule has 0 aromatic carbocycles. The molecule has 7 heteroatoms. The van der Waals surface area contributed by atoms with E-state index in [-0.39, 0.29) is 24.1 Å². The van der Waals surface area contributed by atoms with E-state index in [0.29, 0.717) is 18.9 Å². The molecule has 0 radical (unpaired) electrons. The molecule has 110 valence electrons. The van der Waals surface area contributed by atoms with Gasteiger partial charge in [0, 0.05) is 13.1 Å². The molecule has 0 spiro atoms. The summed E-state index contributed by atoms with van der Waals surface area (Å²) in [5, 5.41) is 10.5. The summed E-state index contributed by atoms with van der Waals surface area (Å²) in [7, 11) is 1.34. The van der Waals surface area contributed by atoms with Crippen LogP contribution in [0.15, 0.2) is 12.1 Å². The zero-order valence-electron chi connectivity index (χ0n) is 12.0. The first-order valence-corrected chi connectivity index (χ1v) is 6.56. The van der Waals surface area contributed by atoms with Crippen LogP contribution in [0.5, 0.6) is 0 Å². The van der Waals surface area contributed by atoms with Gasteiger partial charge in [-0.05, 0) is 25.5 Å². The topological polar surface area (TPSA) is 84.4 Å². The number of ether oxygens (including phenoxy) is 1. The van der Waals surface area contributed by atoms with Crippen LogP contribution in [-0.4, -0.2) is 48.8 Å². The molecule has 0 fully saturated rings. The summed E-state index contributed by atoms with van der Waals surface area (Å²) >= 11 is 0. The lowest BCUT2D eigenvalue weighted by Gasteiger charge is -2.21. The summed E-state index contributed by atoms with van der Waals surface area (Å²) in [6, 6.07) is 3.27. The Labute approximate surface area is 118 Å². The molecule has 0 atom stereocenters. The van der Waals surface area contributed by atoms with Gasteiger partial charge in [-0.3, -0.25) is 9.59 Å². The van der Waals surface area contributed by atoms with Crippen LogP contribution in [-0.2, 0) is 9.53 Å². The molecule has 1 aromatic heterocycles. The Morgan fingerprint density at radius 2 is 2.05 bits per heavy atom. The fourth-order valence-electron chi connectivity index (χ4n) is 1.63. The number of aromatic nitrogens is 2. The molecule has 1 rings (SSSR count). The minimum absolute atomic E-state index is 0.111. The molecule has 0 aliphatic heterocycles. The first kappa shape index (κ1) is 15.9. The highest BCUT2D eigenvalue weighted by molar-refractivity contribution is 5.92. The van der Waals surface area contributed by atoms with Crippen LogP contribution >= 0.6 is 0 Å². The number of carbonyl (C=O) groups excluding carboxylic acids is 2. The largest absolute Gasteiger partial charge is 0.468 e. The van der Waals surface area contributed by atoms with Crippen LogP contribution in [0, 0.1) is 0 Å². The van der Waals surface area contributed by atoms with Crippen molar-refractivity contribution in [3.05, 3.63) is 17.8 Å². The smallest absolute Gasteiger partial charge is 0.325 e. The number of nitrogens with zero attached hydrogens (tertiary/aromatic N) is 3. The number of hydrogen-bond acceptors (Lipinski definition) is 6. The monoisotopic (exact) mass is 280 g/mol. The third-order valence-corrected chi connectivity index (χ3v) is 2.59. The number of esters is 1. The van der Waals surface area contributed by atoms with E-state index in [1.165, 1.54) is 7.11 Å². The molecule has 0 saturated heterocycles. The number of amides is 1. The van der Waals surface area contributed by atoms with Gasteiger partial charge in [-0.15, -0.1) is 10.2 Å². The maximum Gasteiger partial charge on any atom is 0.325 e. The maximum atomic E-state index is 11.6. The summed E-state index contributed by atoms with van der Waals surface area (Å²) in [6.45, 7) is 5.14. The fourth-order valence-corrected chi connectivity index (χ4v) is 1.63. The lowest BCUT2D eigenvalue weighted by Crippen LogP contribution is -2.32. The number of methoxy groups -OCH3 is 1. The molecule has 1 amide bonds. The first-order valence-electron chi connectivity index (χ1n) is 6.56. The molecular weight excluding hydrogens is 260 g/mol. The molecule has 1 aromatic rings. The van der Waals surface area contributed by atoms with E-state index in [4.69, 9.17) is 0 Å². The highest BCUT2D eigenvalue weighted by Gasteiger charge is 2.14. The van der Waals surface area contributed by atoms with E-state index < -0.39 is 0 Å². The van der Waals surface area contributed by atoms with E-state index >= 15 is 0 Å². The predicted molar refractivity (Wildman–Crippen MR) is 74.6 cm³/mol. The molecule has 0 aliphatic carbocycles. The van der Waals surface area contributed by atoms with Crippen molar-refractivity contribution in [1.82, 2.24) is 15.5 Å². The van der Waals surface area contributed by atoms with Crippen molar-refractivity contribution in [1.29, 1.82) is 0 Å². The van der Waals surface area contributed by atoms with Crippen molar-refractivity contribution in [2.75, 3.05) is 31.6 Å². The Morgan fingerprint density at radius 1 is 1.30 bits per heavy atom. The van der Waals surface area contributed by atoms with Gasteiger partial charge in [0.25, 0.3) is 5.91 Å². The zero-order valence-corrected chi connectivity index (χ0v) is 12.0. The third-order valence-electron chi connectivity index (χ3n) is 2.59. The van der Waals surface area contributed by atoms with Crippen LogP contribution in [0.3, 0.4) is 0 Å². The molecular formula is C13H20N4O3. The summed E-state index contributed by atoms with van der Waals surface area (Å²) in [5.41, 5.74) is 0.255. The molecule has 20 heavy (non-hydrogen) atoms. The van der Waals surface area contributed by atoms with Crippen molar-refractivity contribution >= 4 is 17.7 Å². The summed E-state index contributed by atoms with van der Waals surface area (Å²) < 4.78 is 4.65. The second-order valence-electron chi connectivity index (χ2n) is 4.13. The standard InChI is InChI=1S/C13H20N4O3/c1-4-8-17(9-12(18)20-3)11-7-6-10(15-16-11)13(19)14-5-2/h6-7H,4-5,8-9H2,1-3H3,(H,14,19). The normalized spacial score (nSPS) is 9.95. The van der Waals surface area contributed by atoms with Crippen LogP contribution in [0.2, 0.25) is 0 Å². The lowest BCUT2D eigenvalue weighted by atomic mass is 10.3. The SMILES string of the molecule is CCCN(CC(=O)OC)c1ccc(C(=O)NCC)nn1. The van der Waals surface area contributed by atoms with Gasteiger partial charge in [-0.25, -0.2) is 0 Å². The van der Waals surface area contributed by atoms with Gasteiger partial charge in [-0.1, -0.05) is 6.92 Å². The van der Waals surface area contributed by atoms with Gasteiger partial charge in [-0.2, -0.15) is 0 Å². The van der Waals surface area contributed by atoms with E-state index in [1.807, 2.05) is 13.8 Å². The Kier molecular flexibility index (Phi) is 6.42. The Hall–Kier alpha value is -2.18. The molecule has 0 bridgehead atoms. The summed E-state index contributed by atoms with van der Waals surface area (Å²) in [6.07, 6.45) is 0.858. The van der Waals surface area contributed by atoms with Crippen LogP contribution in [0.4, 0.5) is 5.82 Å². The van der Waals surface area contributed by atoms with Crippen LogP contribution in [0.25, 0.3) is 0 Å². The van der Waals surface area contributed by atoms with E-state index in [1.54, 1.807) is 17.0 Å². The van der Waals surface area contributed by atoms with Crippen molar-refractivity contribution in [2.24, 2.45) is 0 Å². The number of anilines is 1. The molecule has 1 N–H and O–H groups in total. The van der Waals surface area contributed by atoms with E-state index in [0.717, 1.165) is 6.42 Å². The number of hydrogen-bond donors (Lipinski definition) is 1. The van der Waals surface area contributed by atoms with E-state index in [9.17, 15) is 9.59 Å². The molecule has 0 saturated carbocycles. The lowest BCUT2D eigenvalue weighted by molar-refractivity contribution is -0.138. The van der Waals surface area contributed by atoms with E-state index in [2.05, 4.69) is 20.3 Å². The number of rotatable bonds is 7. The number of nitrogens with one attached hydrogen (secondary N) is 1. The van der Waals surface area contributed by atoms with Gasteiger partial charge >= 0.3 is 5.97 Å². The molecule has 0 aliphatic rings. The number of carbonyl (C=O) groups is 2. The van der Waals surface area contributed by atoms with Gasteiger partial charge in [0.2, 0.25) is 0 Å². The minimum Gasteiger partial charge on any atom is -0.468 e.